The van der Waals surface area contributed by atoms with Crippen molar-refractivity contribution in [3.8, 4) is 0 Å². The second-order valence-electron chi connectivity index (χ2n) is 3.00. The molecule has 14 heavy (non-hydrogen) atoms. The Bertz CT molecular complexity index is 158. The van der Waals surface area contributed by atoms with Gasteiger partial charge in [-0.3, -0.25) is 9.69 Å². The van der Waals surface area contributed by atoms with Crippen molar-refractivity contribution in [3.05, 3.63) is 0 Å². The first-order valence-corrected chi connectivity index (χ1v) is 4.80. The maximum Gasteiger partial charge on any atom is 0.231 e. The molecule has 0 fully saturated rings. The van der Waals surface area contributed by atoms with Gasteiger partial charge in [0.15, 0.2) is 6.29 Å². The van der Waals surface area contributed by atoms with Crippen LogP contribution in [0.25, 0.3) is 0 Å². The average Bonchev–Trinajstić information content (AvgIpc) is 2.03. The molecular weight excluding hydrogens is 184 g/mol. The minimum absolute atomic E-state index is 0.219. The molecular formula is C9H20N2O3. The van der Waals surface area contributed by atoms with Crippen LogP contribution >= 0.6 is 0 Å². The number of carbonyl (C=O) groups is 1. The number of hydrogen-bond donors (Lipinski definition) is 1. The number of rotatable bonds is 8. The molecule has 0 aromatic carbocycles. The molecule has 0 radical (unpaired) electrons. The van der Waals surface area contributed by atoms with Crippen LogP contribution in [0.15, 0.2) is 0 Å². The summed E-state index contributed by atoms with van der Waals surface area (Å²) in [6.07, 6.45) is -0.283. The van der Waals surface area contributed by atoms with Gasteiger partial charge in [-0.05, 0) is 20.9 Å². The Morgan fingerprint density at radius 1 is 1.36 bits per heavy atom. The molecule has 0 aromatic rings. The molecule has 84 valence electrons. The number of likely N-dealkylation sites (N-methyl/N-ethyl adjacent to an activating group) is 1. The van der Waals surface area contributed by atoms with Crippen LogP contribution in [-0.4, -0.2) is 50.4 Å². The predicted octanol–water partition coefficient (Wildman–Crippen LogP) is -0.197. The Morgan fingerprint density at radius 2 is 1.86 bits per heavy atom. The van der Waals surface area contributed by atoms with Crippen LogP contribution in [0.5, 0.6) is 0 Å². The zero-order valence-electron chi connectivity index (χ0n) is 9.16. The molecule has 0 spiro atoms. The van der Waals surface area contributed by atoms with E-state index in [4.69, 9.17) is 15.2 Å². The Kier molecular flexibility index (Phi) is 7.37. The fourth-order valence-electron chi connectivity index (χ4n) is 1.11. The minimum Gasteiger partial charge on any atom is -0.369 e. The normalized spacial score (nSPS) is 11.2. The van der Waals surface area contributed by atoms with E-state index in [0.29, 0.717) is 19.8 Å². The van der Waals surface area contributed by atoms with Crippen LogP contribution in [0.2, 0.25) is 0 Å². The van der Waals surface area contributed by atoms with Crippen molar-refractivity contribution in [3.63, 3.8) is 0 Å². The van der Waals surface area contributed by atoms with Crippen molar-refractivity contribution in [2.75, 3.05) is 33.4 Å². The summed E-state index contributed by atoms with van der Waals surface area (Å²) < 4.78 is 10.6. The number of nitrogens with two attached hydrogens (primary N) is 1. The monoisotopic (exact) mass is 204 g/mol. The average molecular weight is 204 g/mol. The molecule has 0 unspecified atom stereocenters. The van der Waals surface area contributed by atoms with Crippen LogP contribution in [0.4, 0.5) is 0 Å². The van der Waals surface area contributed by atoms with Gasteiger partial charge in [0.2, 0.25) is 5.91 Å². The first-order chi connectivity index (χ1) is 6.60. The quantitative estimate of drug-likeness (QED) is 0.556. The van der Waals surface area contributed by atoms with Crippen LogP contribution < -0.4 is 5.73 Å². The Hall–Kier alpha value is -0.650. The molecule has 2 N–H and O–H groups in total. The lowest BCUT2D eigenvalue weighted by atomic mass is 10.5. The van der Waals surface area contributed by atoms with E-state index in [-0.39, 0.29) is 18.7 Å². The maximum atomic E-state index is 10.6. The summed E-state index contributed by atoms with van der Waals surface area (Å²) >= 11 is 0. The van der Waals surface area contributed by atoms with Gasteiger partial charge in [-0.2, -0.15) is 0 Å². The van der Waals surface area contributed by atoms with Gasteiger partial charge in [-0.1, -0.05) is 0 Å². The summed E-state index contributed by atoms with van der Waals surface area (Å²) in [6, 6.07) is 0. The largest absolute Gasteiger partial charge is 0.369 e. The van der Waals surface area contributed by atoms with Crippen molar-refractivity contribution in [2.24, 2.45) is 5.73 Å². The van der Waals surface area contributed by atoms with E-state index in [0.717, 1.165) is 0 Å². The second-order valence-corrected chi connectivity index (χ2v) is 3.00. The SMILES string of the molecule is CCOC(CN(C)CC(N)=O)OCC. The number of primary amides is 1. The Balaban J connectivity index is 3.81. The van der Waals surface area contributed by atoms with E-state index in [1.165, 1.54) is 0 Å². The van der Waals surface area contributed by atoms with Crippen molar-refractivity contribution >= 4 is 5.91 Å². The lowest BCUT2D eigenvalue weighted by molar-refractivity contribution is -0.146. The highest BCUT2D eigenvalue weighted by Gasteiger charge is 2.12. The van der Waals surface area contributed by atoms with Crippen LogP contribution in [0.3, 0.4) is 0 Å². The highest BCUT2D eigenvalue weighted by molar-refractivity contribution is 5.75. The summed E-state index contributed by atoms with van der Waals surface area (Å²) in [4.78, 5) is 12.4. The van der Waals surface area contributed by atoms with Crippen LogP contribution in [-0.2, 0) is 14.3 Å². The minimum atomic E-state index is -0.348. The second kappa shape index (κ2) is 7.73. The third-order valence-corrected chi connectivity index (χ3v) is 1.59. The fourth-order valence-corrected chi connectivity index (χ4v) is 1.11. The molecule has 0 aliphatic carbocycles. The van der Waals surface area contributed by atoms with Crippen LogP contribution in [0.1, 0.15) is 13.8 Å². The summed E-state index contributed by atoms with van der Waals surface area (Å²) in [5, 5.41) is 0. The molecule has 0 aliphatic heterocycles. The van der Waals surface area contributed by atoms with Crippen molar-refractivity contribution in [1.82, 2.24) is 4.90 Å². The molecule has 0 bridgehead atoms. The third kappa shape index (κ3) is 6.82. The lowest BCUT2D eigenvalue weighted by Gasteiger charge is -2.22. The van der Waals surface area contributed by atoms with Gasteiger partial charge in [0.1, 0.15) is 0 Å². The Labute approximate surface area is 85.1 Å². The van der Waals surface area contributed by atoms with Crippen molar-refractivity contribution in [2.45, 2.75) is 20.1 Å². The molecule has 5 nitrogen and oxygen atoms in total. The van der Waals surface area contributed by atoms with E-state index < -0.39 is 0 Å². The summed E-state index contributed by atoms with van der Waals surface area (Å²) in [5.41, 5.74) is 5.05. The van der Waals surface area contributed by atoms with Crippen molar-refractivity contribution < 1.29 is 14.3 Å². The molecule has 0 aliphatic rings. The van der Waals surface area contributed by atoms with E-state index in [1.807, 2.05) is 13.8 Å². The fraction of sp³-hybridized carbons (Fsp3) is 0.889. The molecule has 0 atom stereocenters. The summed E-state index contributed by atoms with van der Waals surface area (Å²) in [7, 11) is 1.80. The smallest absolute Gasteiger partial charge is 0.231 e. The standard InChI is InChI=1S/C9H20N2O3/c1-4-13-9(14-5-2)7-11(3)6-8(10)12/h9H,4-7H2,1-3H3,(H2,10,12). The zero-order valence-corrected chi connectivity index (χ0v) is 9.16. The van der Waals surface area contributed by atoms with E-state index in [9.17, 15) is 4.79 Å². The molecule has 0 aromatic heterocycles. The number of ether oxygens (including phenoxy) is 2. The third-order valence-electron chi connectivity index (χ3n) is 1.59. The maximum absolute atomic E-state index is 10.6. The van der Waals surface area contributed by atoms with Gasteiger partial charge in [0, 0.05) is 19.8 Å². The van der Waals surface area contributed by atoms with Crippen LogP contribution in [0, 0.1) is 0 Å². The van der Waals surface area contributed by atoms with Crippen molar-refractivity contribution in [1.29, 1.82) is 0 Å². The molecule has 0 saturated heterocycles. The van der Waals surface area contributed by atoms with Gasteiger partial charge >= 0.3 is 0 Å². The lowest BCUT2D eigenvalue weighted by Crippen LogP contribution is -2.38. The topological polar surface area (TPSA) is 64.8 Å². The first-order valence-electron chi connectivity index (χ1n) is 4.80. The molecule has 5 heteroatoms. The molecule has 1 amide bonds. The van der Waals surface area contributed by atoms with Gasteiger partial charge in [0.05, 0.1) is 6.54 Å². The molecule has 0 heterocycles. The Morgan fingerprint density at radius 3 is 2.21 bits per heavy atom. The highest BCUT2D eigenvalue weighted by atomic mass is 16.7. The van der Waals surface area contributed by atoms with Gasteiger partial charge in [-0.25, -0.2) is 0 Å². The van der Waals surface area contributed by atoms with Gasteiger partial charge in [0.25, 0.3) is 0 Å². The molecule has 0 saturated carbocycles. The zero-order chi connectivity index (χ0) is 11.0. The van der Waals surface area contributed by atoms with E-state index in [2.05, 4.69) is 0 Å². The number of amides is 1. The summed E-state index contributed by atoms with van der Waals surface area (Å²) in [6.45, 7) is 5.76. The predicted molar refractivity (Wildman–Crippen MR) is 53.7 cm³/mol. The van der Waals surface area contributed by atoms with E-state index >= 15 is 0 Å². The van der Waals surface area contributed by atoms with Gasteiger partial charge < -0.3 is 15.2 Å². The number of carbonyl (C=O) groups excluding carboxylic acids is 1. The summed E-state index contributed by atoms with van der Waals surface area (Å²) in [5.74, 6) is -0.348. The number of nitrogens with zero attached hydrogens (tertiary/aromatic N) is 1. The highest BCUT2D eigenvalue weighted by Crippen LogP contribution is 1.97. The van der Waals surface area contributed by atoms with Gasteiger partial charge in [-0.15, -0.1) is 0 Å². The van der Waals surface area contributed by atoms with E-state index in [1.54, 1.807) is 11.9 Å². The number of hydrogen-bond acceptors (Lipinski definition) is 4. The first kappa shape index (κ1) is 13.4. The molecule has 0 rings (SSSR count).